The highest BCUT2D eigenvalue weighted by molar-refractivity contribution is 6.10. The number of nitro groups is 2. The van der Waals surface area contributed by atoms with Crippen LogP contribution in [0, 0.1) is 32.1 Å². The van der Waals surface area contributed by atoms with Crippen molar-refractivity contribution < 1.29 is 24.2 Å². The summed E-state index contributed by atoms with van der Waals surface area (Å²) in [6.07, 6.45) is 0. The van der Waals surface area contributed by atoms with Crippen molar-refractivity contribution in [1.82, 2.24) is 10.0 Å². The minimum atomic E-state index is -0.992. The molecule has 0 saturated carbocycles. The van der Waals surface area contributed by atoms with Crippen LogP contribution in [-0.4, -0.2) is 37.6 Å². The zero-order valence-electron chi connectivity index (χ0n) is 22.4. The molecular formula is C32H22N4O7. The number of imide groups is 1. The average Bonchev–Trinajstić information content (AvgIpc) is 3.29. The van der Waals surface area contributed by atoms with Crippen LogP contribution in [0.2, 0.25) is 0 Å². The fourth-order valence-electron chi connectivity index (χ4n) is 7.07. The molecule has 0 radical (unpaired) electrons. The molecule has 1 heterocycles. The molecular weight excluding hydrogens is 552 g/mol. The van der Waals surface area contributed by atoms with Crippen molar-refractivity contribution in [2.75, 3.05) is 0 Å². The lowest BCUT2D eigenvalue weighted by Gasteiger charge is -2.45. The molecule has 4 aromatic carbocycles. The van der Waals surface area contributed by atoms with E-state index in [9.17, 15) is 34.6 Å². The number of amides is 3. The molecule has 0 N–H and O–H groups in total. The van der Waals surface area contributed by atoms with Gasteiger partial charge in [-0.2, -0.15) is 5.01 Å². The summed E-state index contributed by atoms with van der Waals surface area (Å²) in [5, 5.41) is 25.3. The molecule has 0 unspecified atom stereocenters. The van der Waals surface area contributed by atoms with Gasteiger partial charge in [-0.3, -0.25) is 34.6 Å². The summed E-state index contributed by atoms with van der Waals surface area (Å²) in [6.45, 7) is -0.534. The summed E-state index contributed by atoms with van der Waals surface area (Å²) >= 11 is 0. The van der Waals surface area contributed by atoms with Crippen molar-refractivity contribution in [3.8, 4) is 0 Å². The van der Waals surface area contributed by atoms with Gasteiger partial charge in [0.15, 0.2) is 0 Å². The standard InChI is InChI=1S/C32H22N4O7/c37-30(23-14-6-8-16-25(23)36(42)43)33(17-18-9-1-7-15-24(18)35(40)41)34-31(38)28-26-19-10-2-3-11-20(19)27(29(28)32(34)39)22-13-5-4-12-21(22)26/h1-16,26-29H,17H2/t26?,27?,28-,29-/m0/s1. The highest BCUT2D eigenvalue weighted by Gasteiger charge is 2.63. The van der Waals surface area contributed by atoms with Crippen LogP contribution in [0.25, 0.3) is 0 Å². The molecule has 8 rings (SSSR count). The zero-order valence-corrected chi connectivity index (χ0v) is 22.4. The molecule has 11 nitrogen and oxygen atoms in total. The third kappa shape index (κ3) is 3.78. The van der Waals surface area contributed by atoms with E-state index < -0.39 is 63.5 Å². The predicted molar refractivity (Wildman–Crippen MR) is 151 cm³/mol. The summed E-state index contributed by atoms with van der Waals surface area (Å²) in [5.74, 6) is -4.79. The fraction of sp³-hybridized carbons (Fsp3) is 0.156. The summed E-state index contributed by atoms with van der Waals surface area (Å²) in [5.41, 5.74) is 2.61. The van der Waals surface area contributed by atoms with Crippen LogP contribution in [0.15, 0.2) is 97.1 Å². The molecule has 0 aromatic heterocycles. The Morgan fingerprint density at radius 3 is 1.56 bits per heavy atom. The van der Waals surface area contributed by atoms with Gasteiger partial charge in [-0.25, -0.2) is 5.01 Å². The number of hydrazine groups is 1. The average molecular weight is 575 g/mol. The van der Waals surface area contributed by atoms with Crippen LogP contribution >= 0.6 is 0 Å². The maximum Gasteiger partial charge on any atom is 0.282 e. The molecule has 2 atom stereocenters. The van der Waals surface area contributed by atoms with E-state index in [-0.39, 0.29) is 16.8 Å². The molecule has 4 aromatic rings. The second-order valence-electron chi connectivity index (χ2n) is 10.8. The van der Waals surface area contributed by atoms with Crippen molar-refractivity contribution in [1.29, 1.82) is 0 Å². The zero-order chi connectivity index (χ0) is 30.0. The molecule has 0 spiro atoms. The van der Waals surface area contributed by atoms with E-state index in [0.717, 1.165) is 38.3 Å². The SMILES string of the molecule is O=C(c1ccccc1[N+](=O)[O-])N(Cc1ccccc1[N+](=O)[O-])N1C(=O)[C@H]2C3c4ccccc4C(c4ccccc43)[C@@H]2C1=O. The largest absolute Gasteiger partial charge is 0.282 e. The van der Waals surface area contributed by atoms with Gasteiger partial charge >= 0.3 is 0 Å². The molecule has 2 bridgehead atoms. The summed E-state index contributed by atoms with van der Waals surface area (Å²) in [7, 11) is 0. The third-order valence-corrected chi connectivity index (χ3v) is 8.74. The topological polar surface area (TPSA) is 144 Å². The van der Waals surface area contributed by atoms with Crippen molar-refractivity contribution in [3.05, 3.63) is 151 Å². The number of para-hydroxylation sites is 2. The molecule has 1 saturated heterocycles. The van der Waals surface area contributed by atoms with Crippen molar-refractivity contribution in [2.24, 2.45) is 11.8 Å². The third-order valence-electron chi connectivity index (χ3n) is 8.74. The van der Waals surface area contributed by atoms with E-state index in [4.69, 9.17) is 0 Å². The van der Waals surface area contributed by atoms with Gasteiger partial charge in [-0.05, 0) is 28.3 Å². The second-order valence-corrected chi connectivity index (χ2v) is 10.8. The fourth-order valence-corrected chi connectivity index (χ4v) is 7.07. The molecule has 11 heteroatoms. The van der Waals surface area contributed by atoms with Crippen molar-refractivity contribution >= 4 is 29.1 Å². The number of nitro benzene ring substituents is 2. The number of hydrogen-bond acceptors (Lipinski definition) is 7. The minimum Gasteiger partial charge on any atom is -0.272 e. The summed E-state index contributed by atoms with van der Waals surface area (Å²) < 4.78 is 0. The lowest BCUT2D eigenvalue weighted by molar-refractivity contribution is -0.385. The van der Waals surface area contributed by atoms with E-state index in [1.807, 2.05) is 48.5 Å². The first-order valence-corrected chi connectivity index (χ1v) is 13.6. The number of carbonyl (C=O) groups is 3. The number of hydrogen-bond donors (Lipinski definition) is 0. The lowest BCUT2D eigenvalue weighted by atomic mass is 9.55. The van der Waals surface area contributed by atoms with Crippen LogP contribution in [0.3, 0.4) is 0 Å². The van der Waals surface area contributed by atoms with Crippen LogP contribution in [0.4, 0.5) is 11.4 Å². The highest BCUT2D eigenvalue weighted by Crippen LogP contribution is 2.61. The van der Waals surface area contributed by atoms with Crippen LogP contribution in [0.1, 0.15) is 50.0 Å². The smallest absolute Gasteiger partial charge is 0.272 e. The first kappa shape index (κ1) is 26.2. The number of benzene rings is 4. The lowest BCUT2D eigenvalue weighted by Crippen LogP contribution is -2.50. The maximum atomic E-state index is 14.4. The van der Waals surface area contributed by atoms with Crippen LogP contribution in [-0.2, 0) is 16.1 Å². The van der Waals surface area contributed by atoms with Gasteiger partial charge < -0.3 is 0 Å². The van der Waals surface area contributed by atoms with Crippen molar-refractivity contribution in [2.45, 2.75) is 18.4 Å². The molecule has 3 aliphatic carbocycles. The molecule has 4 aliphatic rings. The Hall–Kier alpha value is -5.71. The van der Waals surface area contributed by atoms with Crippen LogP contribution < -0.4 is 0 Å². The molecule has 3 amide bonds. The molecule has 43 heavy (non-hydrogen) atoms. The van der Waals surface area contributed by atoms with Gasteiger partial charge in [0.05, 0.1) is 33.8 Å². The minimum absolute atomic E-state index is 0.0597. The maximum absolute atomic E-state index is 14.4. The van der Waals surface area contributed by atoms with E-state index in [1.165, 1.54) is 42.5 Å². The predicted octanol–water partition coefficient (Wildman–Crippen LogP) is 4.95. The molecule has 212 valence electrons. The Morgan fingerprint density at radius 1 is 0.651 bits per heavy atom. The molecule has 1 aliphatic heterocycles. The summed E-state index contributed by atoms with van der Waals surface area (Å²) in [4.78, 5) is 65.3. The quantitative estimate of drug-likeness (QED) is 0.180. The Kier molecular flexibility index (Phi) is 5.91. The van der Waals surface area contributed by atoms with E-state index in [0.29, 0.717) is 0 Å². The van der Waals surface area contributed by atoms with Crippen LogP contribution in [0.5, 0.6) is 0 Å². The van der Waals surface area contributed by atoms with Gasteiger partial charge in [-0.1, -0.05) is 78.9 Å². The normalized spacial score (nSPS) is 21.2. The highest BCUT2D eigenvalue weighted by atomic mass is 16.6. The Morgan fingerprint density at radius 2 is 1.07 bits per heavy atom. The first-order valence-electron chi connectivity index (χ1n) is 13.6. The Balaban J connectivity index is 1.39. The number of nitrogens with zero attached hydrogens (tertiary/aromatic N) is 4. The number of carbonyl (C=O) groups excluding carboxylic acids is 3. The monoisotopic (exact) mass is 574 g/mol. The first-order chi connectivity index (χ1) is 20.8. The van der Waals surface area contributed by atoms with Gasteiger partial charge in [-0.15, -0.1) is 0 Å². The molecule has 1 fully saturated rings. The number of rotatable bonds is 6. The van der Waals surface area contributed by atoms with Crippen molar-refractivity contribution in [3.63, 3.8) is 0 Å². The van der Waals surface area contributed by atoms with Gasteiger partial charge in [0, 0.05) is 24.0 Å². The van der Waals surface area contributed by atoms with E-state index in [1.54, 1.807) is 0 Å². The van der Waals surface area contributed by atoms with E-state index >= 15 is 0 Å². The van der Waals surface area contributed by atoms with E-state index in [2.05, 4.69) is 0 Å². The second kappa shape index (κ2) is 9.69. The van der Waals surface area contributed by atoms with Gasteiger partial charge in [0.1, 0.15) is 5.56 Å². The van der Waals surface area contributed by atoms with Gasteiger partial charge in [0.2, 0.25) is 0 Å². The van der Waals surface area contributed by atoms with Gasteiger partial charge in [0.25, 0.3) is 29.1 Å². The Labute approximate surface area is 244 Å². The Bertz CT molecular complexity index is 1770. The summed E-state index contributed by atoms with van der Waals surface area (Å²) in [6, 6.07) is 26.2.